The molecule has 178 valence electrons. The molecule has 0 saturated carbocycles. The summed E-state index contributed by atoms with van der Waals surface area (Å²) in [5.41, 5.74) is 1.52. The van der Waals surface area contributed by atoms with Gasteiger partial charge in [0, 0.05) is 38.6 Å². The Balaban J connectivity index is 0.00000841. The minimum absolute atomic E-state index is 0. The predicted molar refractivity (Wildman–Crippen MR) is 106 cm³/mol. The summed E-state index contributed by atoms with van der Waals surface area (Å²) < 4.78 is 85.2. The van der Waals surface area contributed by atoms with Crippen LogP contribution in [0.4, 0.5) is 26.3 Å². The van der Waals surface area contributed by atoms with Crippen molar-refractivity contribution in [2.45, 2.75) is 64.2 Å². The fraction of sp³-hybridized carbons (Fsp3) is 0.632. The first-order valence-corrected chi connectivity index (χ1v) is 11.0. The van der Waals surface area contributed by atoms with E-state index in [4.69, 9.17) is 21.1 Å². The van der Waals surface area contributed by atoms with E-state index in [1.54, 1.807) is 0 Å². The van der Waals surface area contributed by atoms with Crippen molar-refractivity contribution in [3.8, 4) is 11.5 Å². The van der Waals surface area contributed by atoms with E-state index in [9.17, 15) is 26.3 Å². The van der Waals surface area contributed by atoms with Gasteiger partial charge in [-0.25, -0.2) is 0 Å². The molecular weight excluding hydrogens is 547 g/mol. The third-order valence-corrected chi connectivity index (χ3v) is 10.8. The van der Waals surface area contributed by atoms with Gasteiger partial charge in [0.1, 0.15) is 11.5 Å². The maximum atomic E-state index is 12.6. The van der Waals surface area contributed by atoms with Crippen molar-refractivity contribution in [3.63, 3.8) is 0 Å². The third-order valence-electron chi connectivity index (χ3n) is 4.34. The van der Waals surface area contributed by atoms with E-state index in [-0.39, 0.29) is 31.9 Å². The first-order valence-electron chi connectivity index (χ1n) is 8.71. The summed E-state index contributed by atoms with van der Waals surface area (Å²) in [7, 11) is -2.46. The number of hydrogen-bond donors (Lipinski definition) is 0. The Labute approximate surface area is 193 Å². The molecule has 1 rings (SSSR count). The molecule has 0 aromatic heterocycles. The summed E-state index contributed by atoms with van der Waals surface area (Å²) >= 11 is 6.31. The van der Waals surface area contributed by atoms with Crippen LogP contribution in [0.5, 0.6) is 11.5 Å². The largest absolute Gasteiger partial charge is 0.484 e. The van der Waals surface area contributed by atoms with Crippen molar-refractivity contribution in [3.05, 3.63) is 23.8 Å². The Morgan fingerprint density at radius 2 is 1.10 bits per heavy atom. The molecule has 0 spiro atoms. The SMILES string of the molecule is CC(C)(C)[P+]([CH-]Cl)(c1cc(OCC(F)(F)F)cc(OCC(F)(F)F)c1)C(C)(C)C.[Pd]. The molecule has 2 nitrogen and oxygen atoms in total. The molecule has 0 N–H and O–H groups in total. The van der Waals surface area contributed by atoms with Crippen LogP contribution < -0.4 is 14.8 Å². The number of ether oxygens (including phenoxy) is 2. The van der Waals surface area contributed by atoms with Gasteiger partial charge >= 0.3 is 12.4 Å². The molecule has 30 heavy (non-hydrogen) atoms. The van der Waals surface area contributed by atoms with Crippen molar-refractivity contribution in [2.24, 2.45) is 0 Å². The summed E-state index contributed by atoms with van der Waals surface area (Å²) in [4.78, 5) is 0. The van der Waals surface area contributed by atoms with Gasteiger partial charge in [0.2, 0.25) is 0 Å². The smallest absolute Gasteiger partial charge is 0.422 e. The monoisotopic (exact) mass is 572 g/mol. The summed E-state index contributed by atoms with van der Waals surface area (Å²) in [6, 6.07) is 3.85. The molecule has 0 atom stereocenters. The zero-order valence-corrected chi connectivity index (χ0v) is 20.7. The zero-order valence-electron chi connectivity index (χ0n) is 17.4. The average Bonchev–Trinajstić information content (AvgIpc) is 2.48. The number of alkyl halides is 6. The fourth-order valence-corrected chi connectivity index (χ4v) is 10.4. The fourth-order valence-electron chi connectivity index (χ4n) is 3.39. The maximum Gasteiger partial charge on any atom is 0.422 e. The molecule has 0 radical (unpaired) electrons. The summed E-state index contributed by atoms with van der Waals surface area (Å²) in [6.45, 7) is 8.46. The molecule has 0 aliphatic carbocycles. The van der Waals surface area contributed by atoms with Crippen LogP contribution in [0.15, 0.2) is 18.2 Å². The van der Waals surface area contributed by atoms with Crippen LogP contribution in [-0.4, -0.2) is 35.9 Å². The van der Waals surface area contributed by atoms with Crippen LogP contribution >= 0.6 is 18.9 Å². The molecule has 11 heteroatoms. The zero-order chi connectivity index (χ0) is 22.9. The summed E-state index contributed by atoms with van der Waals surface area (Å²) in [6.07, 6.45) is -9.19. The van der Waals surface area contributed by atoms with Gasteiger partial charge in [0.25, 0.3) is 0 Å². The third kappa shape index (κ3) is 7.73. The van der Waals surface area contributed by atoms with Crippen molar-refractivity contribution >= 4 is 24.2 Å². The molecule has 0 fully saturated rings. The molecule has 0 aliphatic heterocycles. The Hall–Kier alpha value is -0.218. The van der Waals surface area contributed by atoms with Gasteiger partial charge in [0.05, 0.1) is 15.6 Å². The van der Waals surface area contributed by atoms with E-state index in [0.717, 1.165) is 6.07 Å². The Bertz CT molecular complexity index is 646. The van der Waals surface area contributed by atoms with Crippen molar-refractivity contribution in [2.75, 3.05) is 13.2 Å². The van der Waals surface area contributed by atoms with Gasteiger partial charge in [-0.1, -0.05) is 12.9 Å². The van der Waals surface area contributed by atoms with Crippen LogP contribution in [0.2, 0.25) is 0 Å². The minimum Gasteiger partial charge on any atom is -0.484 e. The van der Waals surface area contributed by atoms with E-state index < -0.39 is 43.1 Å². The van der Waals surface area contributed by atoms with Crippen LogP contribution in [0.1, 0.15) is 41.5 Å². The van der Waals surface area contributed by atoms with Crippen LogP contribution in [0.3, 0.4) is 0 Å². The van der Waals surface area contributed by atoms with Crippen molar-refractivity contribution < 1.29 is 56.2 Å². The second-order valence-electron chi connectivity index (χ2n) is 8.63. The van der Waals surface area contributed by atoms with Gasteiger partial charge < -0.3 is 21.1 Å². The average molecular weight is 573 g/mol. The molecule has 1 aromatic rings. The van der Waals surface area contributed by atoms with Crippen LogP contribution in [0, 0.1) is 5.62 Å². The van der Waals surface area contributed by atoms with E-state index in [1.807, 2.05) is 41.5 Å². The van der Waals surface area contributed by atoms with E-state index in [2.05, 4.69) is 0 Å². The van der Waals surface area contributed by atoms with Gasteiger partial charge in [-0.2, -0.15) is 26.3 Å². The Morgan fingerprint density at radius 3 is 1.33 bits per heavy atom. The molecule has 0 aliphatic rings. The molecule has 0 bridgehead atoms. The predicted octanol–water partition coefficient (Wildman–Crippen LogP) is 7.16. The van der Waals surface area contributed by atoms with Gasteiger partial charge in [-0.3, -0.25) is 0 Å². The first kappa shape index (κ1) is 29.8. The van der Waals surface area contributed by atoms with Crippen molar-refractivity contribution in [1.29, 1.82) is 0 Å². The Morgan fingerprint density at radius 1 is 0.767 bits per heavy atom. The number of hydrogen-bond acceptors (Lipinski definition) is 2. The van der Waals surface area contributed by atoms with E-state index in [0.29, 0.717) is 5.30 Å². The summed E-state index contributed by atoms with van der Waals surface area (Å²) in [5.74, 6) is -0.457. The second-order valence-corrected chi connectivity index (χ2v) is 14.1. The first-order chi connectivity index (χ1) is 12.8. The molecule has 0 saturated heterocycles. The topological polar surface area (TPSA) is 18.5 Å². The van der Waals surface area contributed by atoms with Gasteiger partial charge in [-0.15, -0.1) is 0 Å². The Kier molecular flexibility index (Phi) is 10.1. The number of rotatable bonds is 6. The normalized spacial score (nSPS) is 13.6. The van der Waals surface area contributed by atoms with Gasteiger partial charge in [-0.05, 0) is 41.5 Å². The number of benzene rings is 1. The molecular formula is C19H26ClF6O2PPd. The minimum atomic E-state index is -4.60. The van der Waals surface area contributed by atoms with E-state index >= 15 is 0 Å². The standard InChI is InChI=1S/C19H26ClF6O2P.Pd/c1-16(2,3)29(12-20,17(4,5)6)15-8-13(27-10-18(21,22)23)7-14(9-15)28-11-19(24,25)26;/h7-9,12H,10-11H2,1-6H3;. The maximum absolute atomic E-state index is 12.6. The van der Waals surface area contributed by atoms with Crippen molar-refractivity contribution in [1.82, 2.24) is 0 Å². The summed E-state index contributed by atoms with van der Waals surface area (Å²) in [5, 5.41) is -0.363. The number of halogens is 7. The van der Waals surface area contributed by atoms with Crippen LogP contribution in [0.25, 0.3) is 0 Å². The molecule has 0 heterocycles. The molecule has 0 unspecified atom stereocenters. The molecule has 0 amide bonds. The van der Waals surface area contributed by atoms with Gasteiger partial charge in [0.15, 0.2) is 13.2 Å². The molecule has 1 aromatic carbocycles. The second kappa shape index (κ2) is 10.2. The van der Waals surface area contributed by atoms with Crippen LogP contribution in [-0.2, 0) is 20.4 Å². The quantitative estimate of drug-likeness (QED) is 0.156. The van der Waals surface area contributed by atoms with E-state index in [1.165, 1.54) is 17.8 Å².